The lowest BCUT2D eigenvalue weighted by Gasteiger charge is -2.17. The molecule has 0 fully saturated rings. The Kier molecular flexibility index (Phi) is 7.39. The minimum absolute atomic E-state index is 0.101. The second kappa shape index (κ2) is 10.0. The van der Waals surface area contributed by atoms with Gasteiger partial charge in [0.15, 0.2) is 0 Å². The molecule has 0 aliphatic carbocycles. The number of hydrogen-bond acceptors (Lipinski definition) is 4. The number of aliphatic carboxylic acids is 1. The number of hydrogen-bond donors (Lipinski definition) is 3. The van der Waals surface area contributed by atoms with Gasteiger partial charge in [-0.2, -0.15) is 0 Å². The minimum Gasteiger partial charge on any atom is -0.513 e. The maximum Gasteiger partial charge on any atom is 0.305 e. The highest BCUT2D eigenvalue weighted by Crippen LogP contribution is 2.43. The quantitative estimate of drug-likeness (QED) is 0.351. The number of aliphatic hydroxyl groups excluding tert-OH is 2. The van der Waals surface area contributed by atoms with Crippen molar-refractivity contribution < 1.29 is 28.9 Å². The predicted molar refractivity (Wildman–Crippen MR) is 126 cm³/mol. The Bertz CT molecular complexity index is 1120. The molecule has 1 unspecified atom stereocenters. The Balaban J connectivity index is 2.12. The average Bonchev–Trinajstić information content (AvgIpc) is 3.13. The van der Waals surface area contributed by atoms with Gasteiger partial charge in [0.2, 0.25) is 0 Å². The number of aliphatic hydroxyl groups is 2. The normalized spacial score (nSPS) is 13.2. The molecule has 3 aromatic rings. The summed E-state index contributed by atoms with van der Waals surface area (Å²) in [6.45, 7) is 6.08. The van der Waals surface area contributed by atoms with E-state index in [1.807, 2.05) is 51.1 Å². The first-order valence-electron chi connectivity index (χ1n) is 10.8. The van der Waals surface area contributed by atoms with Crippen molar-refractivity contribution in [3.05, 3.63) is 83.6 Å². The topological polar surface area (TPSA) is 90.9 Å². The fraction of sp³-hybridized carbons (Fsp3) is 0.296. The van der Waals surface area contributed by atoms with Crippen molar-refractivity contribution in [3.8, 4) is 22.5 Å². The zero-order valence-electron chi connectivity index (χ0n) is 19.0. The minimum atomic E-state index is -1.18. The lowest BCUT2D eigenvalue weighted by Crippen LogP contribution is -2.14. The molecule has 3 rings (SSSR count). The van der Waals surface area contributed by atoms with E-state index in [2.05, 4.69) is 0 Å². The summed E-state index contributed by atoms with van der Waals surface area (Å²) in [5.41, 5.74) is 2.94. The molecular formula is C27H29FO5. The molecule has 0 saturated heterocycles. The third-order valence-electron chi connectivity index (χ3n) is 5.25. The van der Waals surface area contributed by atoms with Gasteiger partial charge in [-0.1, -0.05) is 63.2 Å². The van der Waals surface area contributed by atoms with E-state index < -0.39 is 18.5 Å². The first kappa shape index (κ1) is 24.3. The Morgan fingerprint density at radius 1 is 1.00 bits per heavy atom. The van der Waals surface area contributed by atoms with Gasteiger partial charge in [0.1, 0.15) is 17.3 Å². The predicted octanol–water partition coefficient (Wildman–Crippen LogP) is 6.26. The average molecular weight is 453 g/mol. The summed E-state index contributed by atoms with van der Waals surface area (Å²) in [6.07, 6.45) is 0.0675. The van der Waals surface area contributed by atoms with Crippen LogP contribution in [-0.2, 0) is 16.6 Å². The Hall–Kier alpha value is -3.38. The zero-order valence-corrected chi connectivity index (χ0v) is 19.0. The largest absolute Gasteiger partial charge is 0.513 e. The first-order chi connectivity index (χ1) is 15.6. The number of furan rings is 1. The van der Waals surface area contributed by atoms with Crippen LogP contribution in [0.1, 0.15) is 44.9 Å². The van der Waals surface area contributed by atoms with E-state index in [9.17, 15) is 19.4 Å². The van der Waals surface area contributed by atoms with Crippen LogP contribution >= 0.6 is 0 Å². The number of halogens is 1. The second-order valence-electron chi connectivity index (χ2n) is 9.09. The van der Waals surface area contributed by atoms with Crippen molar-refractivity contribution in [2.24, 2.45) is 0 Å². The van der Waals surface area contributed by atoms with Gasteiger partial charge in [0.25, 0.3) is 0 Å². The van der Waals surface area contributed by atoms with E-state index in [0.717, 1.165) is 28.0 Å². The molecule has 0 radical (unpaired) electrons. The highest BCUT2D eigenvalue weighted by atomic mass is 19.1. The number of rotatable bonds is 8. The van der Waals surface area contributed by atoms with E-state index in [-0.39, 0.29) is 23.4 Å². The van der Waals surface area contributed by atoms with E-state index >= 15 is 0 Å². The molecule has 5 nitrogen and oxygen atoms in total. The van der Waals surface area contributed by atoms with Gasteiger partial charge in [0.05, 0.1) is 18.3 Å². The molecule has 2 aromatic carbocycles. The molecule has 1 heterocycles. The van der Waals surface area contributed by atoms with Crippen LogP contribution in [0.3, 0.4) is 0 Å². The van der Waals surface area contributed by atoms with Crippen LogP contribution in [0.5, 0.6) is 0 Å². The summed E-state index contributed by atoms with van der Waals surface area (Å²) in [5.74, 6) is -0.190. The lowest BCUT2D eigenvalue weighted by molar-refractivity contribution is -0.139. The fourth-order valence-corrected chi connectivity index (χ4v) is 3.80. The number of carboxylic acid groups (broad SMARTS) is 1. The lowest BCUT2D eigenvalue weighted by atomic mass is 9.86. The molecule has 0 saturated carbocycles. The Labute approximate surface area is 192 Å². The molecular weight excluding hydrogens is 423 g/mol. The van der Waals surface area contributed by atoms with Crippen LogP contribution in [-0.4, -0.2) is 27.4 Å². The fourth-order valence-electron chi connectivity index (χ4n) is 3.80. The van der Waals surface area contributed by atoms with E-state index in [0.29, 0.717) is 12.2 Å². The van der Waals surface area contributed by atoms with Crippen LogP contribution in [0, 0.1) is 5.82 Å². The van der Waals surface area contributed by atoms with Crippen molar-refractivity contribution in [3.63, 3.8) is 0 Å². The highest BCUT2D eigenvalue weighted by Gasteiger charge is 2.29. The maximum atomic E-state index is 13.7. The maximum absolute atomic E-state index is 13.7. The van der Waals surface area contributed by atoms with Gasteiger partial charge in [-0.05, 0) is 30.2 Å². The Morgan fingerprint density at radius 3 is 2.21 bits per heavy atom. The van der Waals surface area contributed by atoms with E-state index in [4.69, 9.17) is 9.52 Å². The number of carbonyl (C=O) groups is 1. The molecule has 1 atom stereocenters. The van der Waals surface area contributed by atoms with Gasteiger partial charge < -0.3 is 19.7 Å². The van der Waals surface area contributed by atoms with E-state index in [1.54, 1.807) is 18.2 Å². The number of carboxylic acids is 1. The third-order valence-corrected chi connectivity index (χ3v) is 5.25. The first-order valence-corrected chi connectivity index (χ1v) is 10.8. The van der Waals surface area contributed by atoms with Crippen molar-refractivity contribution in [1.29, 1.82) is 0 Å². The molecule has 33 heavy (non-hydrogen) atoms. The molecule has 3 N–H and O–H groups in total. The van der Waals surface area contributed by atoms with Crippen molar-refractivity contribution in [2.45, 2.75) is 51.6 Å². The monoisotopic (exact) mass is 452 g/mol. The summed E-state index contributed by atoms with van der Waals surface area (Å²) in [6, 6.07) is 15.8. The molecule has 0 bridgehead atoms. The van der Waals surface area contributed by atoms with E-state index in [1.165, 1.54) is 12.1 Å². The van der Waals surface area contributed by atoms with Crippen molar-refractivity contribution in [2.75, 3.05) is 0 Å². The molecule has 0 aliphatic rings. The number of allylic oxidation sites excluding steroid dienone is 1. The summed E-state index contributed by atoms with van der Waals surface area (Å²) in [5, 5.41) is 29.0. The molecule has 0 spiro atoms. The van der Waals surface area contributed by atoms with Gasteiger partial charge >= 0.3 is 5.97 Å². The van der Waals surface area contributed by atoms with Crippen molar-refractivity contribution >= 4 is 5.97 Å². The smallest absolute Gasteiger partial charge is 0.305 e. The number of benzene rings is 2. The summed E-state index contributed by atoms with van der Waals surface area (Å²) < 4.78 is 20.1. The highest BCUT2D eigenvalue weighted by molar-refractivity contribution is 5.83. The summed E-state index contributed by atoms with van der Waals surface area (Å²) in [7, 11) is 0. The van der Waals surface area contributed by atoms with Crippen LogP contribution in [0.4, 0.5) is 4.39 Å². The molecule has 174 valence electrons. The molecule has 1 aromatic heterocycles. The third kappa shape index (κ3) is 6.11. The SMILES string of the molecule is CC(C)(C)c1oc(-c2ccccc2)c(-c2ccc(F)cc2)c1C/C=C(/O)CC(O)CC(=O)O. The zero-order chi connectivity index (χ0) is 24.2. The van der Waals surface area contributed by atoms with Crippen molar-refractivity contribution in [1.82, 2.24) is 0 Å². The van der Waals surface area contributed by atoms with Gasteiger partial charge in [-0.3, -0.25) is 4.79 Å². The summed E-state index contributed by atoms with van der Waals surface area (Å²) >= 11 is 0. The van der Waals surface area contributed by atoms with Crippen LogP contribution in [0.15, 0.2) is 70.8 Å². The van der Waals surface area contributed by atoms with Gasteiger partial charge in [0, 0.05) is 28.5 Å². The second-order valence-corrected chi connectivity index (χ2v) is 9.09. The Morgan fingerprint density at radius 2 is 1.64 bits per heavy atom. The summed E-state index contributed by atoms with van der Waals surface area (Å²) in [4.78, 5) is 10.8. The van der Waals surface area contributed by atoms with Gasteiger partial charge in [-0.15, -0.1) is 0 Å². The molecule has 6 heteroatoms. The molecule has 0 amide bonds. The van der Waals surface area contributed by atoms with Gasteiger partial charge in [-0.25, -0.2) is 4.39 Å². The standard InChI is InChI=1S/C27H29FO5/c1-27(2,3)26-22(14-13-20(29)15-21(30)16-23(31)32)24(17-9-11-19(28)12-10-17)25(33-26)18-7-5-4-6-8-18/h4-13,21,29-30H,14-16H2,1-3H3,(H,31,32)/b20-13+. The van der Waals surface area contributed by atoms with Crippen LogP contribution in [0.2, 0.25) is 0 Å². The van der Waals surface area contributed by atoms with Crippen LogP contribution in [0.25, 0.3) is 22.5 Å². The van der Waals surface area contributed by atoms with Crippen LogP contribution < -0.4 is 0 Å². The molecule has 0 aliphatic heterocycles.